The lowest BCUT2D eigenvalue weighted by Crippen LogP contribution is -2.14. The number of thioether (sulfide) groups is 1. The molecule has 1 N–H and O–H groups in total. The van der Waals surface area contributed by atoms with Crippen LogP contribution >= 0.6 is 23.4 Å². The third kappa shape index (κ3) is 4.61. The van der Waals surface area contributed by atoms with Crippen molar-refractivity contribution in [3.63, 3.8) is 0 Å². The van der Waals surface area contributed by atoms with Gasteiger partial charge >= 0.3 is 6.01 Å². The molecule has 7 heteroatoms. The standard InChI is InChI=1S/C18H16ClN3O2S/c1-11-3-8-15(12(2)9-11)17-21-22-18(24-17)20-16(23)10-25-14-6-4-13(19)5-7-14/h3-9H,10H2,1-2H3,(H,20,22,23). The zero-order valence-corrected chi connectivity index (χ0v) is 15.3. The summed E-state index contributed by atoms with van der Waals surface area (Å²) in [5.41, 5.74) is 3.06. The van der Waals surface area contributed by atoms with E-state index in [4.69, 9.17) is 16.0 Å². The molecule has 0 aliphatic rings. The molecular weight excluding hydrogens is 358 g/mol. The van der Waals surface area contributed by atoms with Crippen LogP contribution in [0.4, 0.5) is 6.01 Å². The highest BCUT2D eigenvalue weighted by molar-refractivity contribution is 8.00. The summed E-state index contributed by atoms with van der Waals surface area (Å²) in [6.45, 7) is 4.00. The highest BCUT2D eigenvalue weighted by atomic mass is 35.5. The van der Waals surface area contributed by atoms with Gasteiger partial charge in [-0.1, -0.05) is 34.4 Å². The number of aromatic nitrogens is 2. The van der Waals surface area contributed by atoms with Crippen molar-refractivity contribution in [2.45, 2.75) is 18.7 Å². The SMILES string of the molecule is Cc1ccc(-c2nnc(NC(=O)CSc3ccc(Cl)cc3)o2)c(C)c1. The van der Waals surface area contributed by atoms with Crippen LogP contribution in [0.15, 0.2) is 51.8 Å². The highest BCUT2D eigenvalue weighted by Gasteiger charge is 2.13. The molecule has 0 fully saturated rings. The predicted molar refractivity (Wildman–Crippen MR) is 100 cm³/mol. The zero-order chi connectivity index (χ0) is 17.8. The molecule has 128 valence electrons. The Hall–Kier alpha value is -2.31. The molecule has 3 rings (SSSR count). The van der Waals surface area contributed by atoms with Gasteiger partial charge in [0, 0.05) is 15.5 Å². The normalized spacial score (nSPS) is 10.7. The molecule has 0 aliphatic carbocycles. The largest absolute Gasteiger partial charge is 0.403 e. The number of aryl methyl sites for hydroxylation is 2. The van der Waals surface area contributed by atoms with Crippen molar-refractivity contribution in [2.75, 3.05) is 11.1 Å². The molecule has 1 amide bonds. The number of benzene rings is 2. The molecule has 5 nitrogen and oxygen atoms in total. The van der Waals surface area contributed by atoms with Crippen molar-refractivity contribution in [2.24, 2.45) is 0 Å². The van der Waals surface area contributed by atoms with E-state index in [9.17, 15) is 4.79 Å². The Labute approximate surface area is 154 Å². The fourth-order valence-corrected chi connectivity index (χ4v) is 3.10. The van der Waals surface area contributed by atoms with Crippen molar-refractivity contribution in [1.82, 2.24) is 10.2 Å². The number of nitrogens with zero attached hydrogens (tertiary/aromatic N) is 2. The Balaban J connectivity index is 1.60. The minimum atomic E-state index is -0.212. The molecule has 0 saturated heterocycles. The van der Waals surface area contributed by atoms with Gasteiger partial charge in [0.2, 0.25) is 11.8 Å². The Morgan fingerprint density at radius 1 is 1.16 bits per heavy atom. The fraction of sp³-hybridized carbons (Fsp3) is 0.167. The lowest BCUT2D eigenvalue weighted by atomic mass is 10.1. The molecule has 0 bridgehead atoms. The maximum Gasteiger partial charge on any atom is 0.322 e. The van der Waals surface area contributed by atoms with Gasteiger partial charge in [0.05, 0.1) is 5.75 Å². The molecule has 0 atom stereocenters. The second-order valence-corrected chi connectivity index (χ2v) is 7.01. The van der Waals surface area contributed by atoms with Crippen molar-refractivity contribution < 1.29 is 9.21 Å². The molecule has 2 aromatic carbocycles. The molecule has 0 saturated carbocycles. The number of amides is 1. The van der Waals surface area contributed by atoms with Gasteiger partial charge in [0.15, 0.2) is 0 Å². The maximum absolute atomic E-state index is 12.0. The highest BCUT2D eigenvalue weighted by Crippen LogP contribution is 2.25. The molecule has 1 aromatic heterocycles. The van der Waals surface area contributed by atoms with Crippen LogP contribution in [0, 0.1) is 13.8 Å². The number of rotatable bonds is 5. The second kappa shape index (κ2) is 7.72. The van der Waals surface area contributed by atoms with Crippen molar-refractivity contribution in [1.29, 1.82) is 0 Å². The third-order valence-corrected chi connectivity index (χ3v) is 4.73. The fourth-order valence-electron chi connectivity index (χ4n) is 2.27. The zero-order valence-electron chi connectivity index (χ0n) is 13.7. The van der Waals surface area contributed by atoms with Crippen molar-refractivity contribution in [3.05, 3.63) is 58.6 Å². The summed E-state index contributed by atoms with van der Waals surface area (Å²) in [7, 11) is 0. The Morgan fingerprint density at radius 2 is 1.92 bits per heavy atom. The first-order valence-electron chi connectivity index (χ1n) is 7.60. The molecular formula is C18H16ClN3O2S. The van der Waals surface area contributed by atoms with Gasteiger partial charge in [0.1, 0.15) is 0 Å². The number of carbonyl (C=O) groups excluding carboxylic acids is 1. The van der Waals surface area contributed by atoms with Crippen LogP contribution in [0.2, 0.25) is 5.02 Å². The van der Waals surface area contributed by atoms with Crippen LogP contribution < -0.4 is 5.32 Å². The smallest absolute Gasteiger partial charge is 0.322 e. The molecule has 0 unspecified atom stereocenters. The summed E-state index contributed by atoms with van der Waals surface area (Å²) in [5.74, 6) is 0.414. The van der Waals surface area contributed by atoms with Gasteiger partial charge < -0.3 is 4.42 Å². The summed E-state index contributed by atoms with van der Waals surface area (Å²) in [5, 5.41) is 11.2. The van der Waals surface area contributed by atoms with E-state index >= 15 is 0 Å². The average molecular weight is 374 g/mol. The summed E-state index contributed by atoms with van der Waals surface area (Å²) in [6.07, 6.45) is 0. The molecule has 25 heavy (non-hydrogen) atoms. The van der Waals surface area contributed by atoms with Crippen LogP contribution in [0.1, 0.15) is 11.1 Å². The Bertz CT molecular complexity index is 894. The van der Waals surface area contributed by atoms with Crippen LogP contribution in [-0.2, 0) is 4.79 Å². The lowest BCUT2D eigenvalue weighted by Gasteiger charge is -2.02. The van der Waals surface area contributed by atoms with Crippen LogP contribution in [0.3, 0.4) is 0 Å². The topological polar surface area (TPSA) is 68.0 Å². The summed E-state index contributed by atoms with van der Waals surface area (Å²) >= 11 is 7.24. The number of hydrogen-bond acceptors (Lipinski definition) is 5. The van der Waals surface area contributed by atoms with Gasteiger partial charge in [-0.05, 0) is 49.7 Å². The first-order valence-corrected chi connectivity index (χ1v) is 8.97. The van der Waals surface area contributed by atoms with E-state index in [-0.39, 0.29) is 17.7 Å². The van der Waals surface area contributed by atoms with E-state index in [2.05, 4.69) is 15.5 Å². The number of carbonyl (C=O) groups is 1. The minimum Gasteiger partial charge on any atom is -0.403 e. The average Bonchev–Trinajstić information content (AvgIpc) is 3.02. The summed E-state index contributed by atoms with van der Waals surface area (Å²) < 4.78 is 5.55. The van der Waals surface area contributed by atoms with Gasteiger partial charge in [-0.25, -0.2) is 0 Å². The molecule has 0 spiro atoms. The van der Waals surface area contributed by atoms with E-state index in [1.54, 1.807) is 12.1 Å². The first-order chi connectivity index (χ1) is 12.0. The monoisotopic (exact) mass is 373 g/mol. The Kier molecular flexibility index (Phi) is 5.40. The van der Waals surface area contributed by atoms with Gasteiger partial charge in [-0.15, -0.1) is 16.9 Å². The number of nitrogens with one attached hydrogen (secondary N) is 1. The number of anilines is 1. The molecule has 0 radical (unpaired) electrons. The van der Waals surface area contributed by atoms with Gasteiger partial charge in [-0.3, -0.25) is 10.1 Å². The van der Waals surface area contributed by atoms with Crippen molar-refractivity contribution >= 4 is 35.3 Å². The number of halogens is 1. The second-order valence-electron chi connectivity index (χ2n) is 5.52. The van der Waals surface area contributed by atoms with Crippen LogP contribution in [0.5, 0.6) is 0 Å². The van der Waals surface area contributed by atoms with Gasteiger partial charge in [-0.2, -0.15) is 0 Å². The van der Waals surface area contributed by atoms with Crippen LogP contribution in [-0.4, -0.2) is 21.9 Å². The number of hydrogen-bond donors (Lipinski definition) is 1. The van der Waals surface area contributed by atoms with E-state index in [1.807, 2.05) is 44.2 Å². The third-order valence-electron chi connectivity index (χ3n) is 3.47. The van der Waals surface area contributed by atoms with E-state index < -0.39 is 0 Å². The quantitative estimate of drug-likeness (QED) is 0.654. The van der Waals surface area contributed by atoms with E-state index in [0.29, 0.717) is 10.9 Å². The minimum absolute atomic E-state index is 0.0941. The molecule has 3 aromatic rings. The van der Waals surface area contributed by atoms with E-state index in [1.165, 1.54) is 11.8 Å². The maximum atomic E-state index is 12.0. The van der Waals surface area contributed by atoms with Gasteiger partial charge in [0.25, 0.3) is 0 Å². The molecule has 0 aliphatic heterocycles. The summed E-state index contributed by atoms with van der Waals surface area (Å²) in [6, 6.07) is 13.4. The molecule has 1 heterocycles. The summed E-state index contributed by atoms with van der Waals surface area (Å²) in [4.78, 5) is 13.0. The van der Waals surface area contributed by atoms with E-state index in [0.717, 1.165) is 21.6 Å². The van der Waals surface area contributed by atoms with Crippen molar-refractivity contribution in [3.8, 4) is 11.5 Å². The predicted octanol–water partition coefficient (Wildman–Crippen LogP) is 4.74. The Morgan fingerprint density at radius 3 is 2.64 bits per heavy atom. The van der Waals surface area contributed by atoms with Crippen LogP contribution in [0.25, 0.3) is 11.5 Å². The first kappa shape index (κ1) is 17.5. The lowest BCUT2D eigenvalue weighted by molar-refractivity contribution is -0.113.